The van der Waals surface area contributed by atoms with E-state index in [1.165, 1.54) is 6.92 Å². The Morgan fingerprint density at radius 1 is 1.35 bits per heavy atom. The van der Waals surface area contributed by atoms with E-state index < -0.39 is 18.2 Å². The first kappa shape index (κ1) is 16.1. The minimum absolute atomic E-state index is 0.0408. The molecule has 1 rings (SSSR count). The van der Waals surface area contributed by atoms with E-state index in [9.17, 15) is 19.5 Å². The van der Waals surface area contributed by atoms with Crippen LogP contribution in [0.4, 0.5) is 0 Å². The lowest BCUT2D eigenvalue weighted by molar-refractivity contribution is -0.168. The number of esters is 2. The Morgan fingerprint density at radius 3 is 2.60 bits per heavy atom. The van der Waals surface area contributed by atoms with Crippen LogP contribution in [-0.2, 0) is 28.6 Å². The summed E-state index contributed by atoms with van der Waals surface area (Å²) in [5.41, 5.74) is 5.18. The maximum Gasteiger partial charge on any atom is 0.340 e. The number of carbonyl (C=O) groups is 3. The Labute approximate surface area is 115 Å². The first-order valence-electron chi connectivity index (χ1n) is 6.05. The van der Waals surface area contributed by atoms with Crippen LogP contribution in [0.15, 0.2) is 11.3 Å². The number of Topliss-reactive ketones (excluding diaryl/α,β-unsaturated/α-hetero) is 1. The van der Waals surface area contributed by atoms with Crippen molar-refractivity contribution in [2.75, 3.05) is 19.8 Å². The van der Waals surface area contributed by atoms with Crippen LogP contribution in [0.1, 0.15) is 19.8 Å². The third-order valence-corrected chi connectivity index (χ3v) is 2.58. The molecule has 1 aliphatic rings. The molecule has 0 saturated heterocycles. The fourth-order valence-electron chi connectivity index (χ4n) is 1.36. The second-order valence-corrected chi connectivity index (χ2v) is 4.08. The Kier molecular flexibility index (Phi) is 6.13. The highest BCUT2D eigenvalue weighted by Crippen LogP contribution is 2.20. The molecule has 0 spiro atoms. The number of cyclic esters (lactones) is 1. The SMILES string of the molecule is CC1=C(O)C(OCCOC(=O)CCC(=O)CN)OC1=O. The summed E-state index contributed by atoms with van der Waals surface area (Å²) in [5, 5.41) is 9.46. The van der Waals surface area contributed by atoms with Gasteiger partial charge in [-0.15, -0.1) is 0 Å². The highest BCUT2D eigenvalue weighted by molar-refractivity contribution is 5.90. The molecule has 0 radical (unpaired) electrons. The number of ketones is 1. The average Bonchev–Trinajstić information content (AvgIpc) is 2.68. The molecular weight excluding hydrogens is 270 g/mol. The van der Waals surface area contributed by atoms with Gasteiger partial charge in [-0.05, 0) is 6.92 Å². The number of hydrogen-bond acceptors (Lipinski definition) is 8. The molecule has 20 heavy (non-hydrogen) atoms. The normalized spacial score (nSPS) is 18.1. The van der Waals surface area contributed by atoms with Crippen molar-refractivity contribution in [3.05, 3.63) is 11.3 Å². The van der Waals surface area contributed by atoms with E-state index in [4.69, 9.17) is 19.9 Å². The van der Waals surface area contributed by atoms with Gasteiger partial charge in [0.2, 0.25) is 0 Å². The minimum Gasteiger partial charge on any atom is -0.506 e. The molecule has 0 aromatic carbocycles. The van der Waals surface area contributed by atoms with Crippen molar-refractivity contribution in [3.8, 4) is 0 Å². The predicted molar refractivity (Wildman–Crippen MR) is 65.4 cm³/mol. The highest BCUT2D eigenvalue weighted by Gasteiger charge is 2.32. The van der Waals surface area contributed by atoms with Gasteiger partial charge in [-0.3, -0.25) is 9.59 Å². The molecule has 112 valence electrons. The summed E-state index contributed by atoms with van der Waals surface area (Å²) in [6.07, 6.45) is -1.15. The zero-order valence-electron chi connectivity index (χ0n) is 11.1. The summed E-state index contributed by atoms with van der Waals surface area (Å²) in [7, 11) is 0. The van der Waals surface area contributed by atoms with Crippen LogP contribution < -0.4 is 5.73 Å². The molecule has 8 heteroatoms. The highest BCUT2D eigenvalue weighted by atomic mass is 16.7. The zero-order chi connectivity index (χ0) is 15.1. The minimum atomic E-state index is -1.15. The second-order valence-electron chi connectivity index (χ2n) is 4.08. The molecule has 3 N–H and O–H groups in total. The van der Waals surface area contributed by atoms with Gasteiger partial charge in [-0.2, -0.15) is 0 Å². The number of nitrogens with two attached hydrogens (primary N) is 1. The Bertz CT molecular complexity index is 430. The summed E-state index contributed by atoms with van der Waals surface area (Å²) >= 11 is 0. The largest absolute Gasteiger partial charge is 0.506 e. The molecule has 0 aromatic rings. The molecule has 1 atom stereocenters. The molecule has 0 aliphatic carbocycles. The number of hydrogen-bond donors (Lipinski definition) is 2. The summed E-state index contributed by atoms with van der Waals surface area (Å²) in [5.74, 6) is -1.70. The van der Waals surface area contributed by atoms with E-state index in [1.54, 1.807) is 0 Å². The van der Waals surface area contributed by atoms with Crippen molar-refractivity contribution in [3.63, 3.8) is 0 Å². The number of rotatable bonds is 8. The van der Waals surface area contributed by atoms with E-state index in [1.807, 2.05) is 0 Å². The maximum absolute atomic E-state index is 11.2. The fraction of sp³-hybridized carbons (Fsp3) is 0.583. The van der Waals surface area contributed by atoms with Crippen LogP contribution in [0.5, 0.6) is 0 Å². The lowest BCUT2D eigenvalue weighted by Crippen LogP contribution is -2.20. The van der Waals surface area contributed by atoms with Gasteiger partial charge in [0, 0.05) is 6.42 Å². The molecule has 1 heterocycles. The van der Waals surface area contributed by atoms with Crippen molar-refractivity contribution in [1.82, 2.24) is 0 Å². The van der Waals surface area contributed by atoms with Gasteiger partial charge in [0.15, 0.2) is 5.76 Å². The maximum atomic E-state index is 11.2. The number of aliphatic hydroxyl groups is 1. The van der Waals surface area contributed by atoms with Crippen LogP contribution in [-0.4, -0.2) is 48.9 Å². The fourth-order valence-corrected chi connectivity index (χ4v) is 1.36. The van der Waals surface area contributed by atoms with Crippen LogP contribution in [0.2, 0.25) is 0 Å². The molecule has 0 aromatic heterocycles. The van der Waals surface area contributed by atoms with E-state index in [0.717, 1.165) is 0 Å². The van der Waals surface area contributed by atoms with Crippen LogP contribution in [0, 0.1) is 0 Å². The smallest absolute Gasteiger partial charge is 0.340 e. The lowest BCUT2D eigenvalue weighted by Gasteiger charge is -2.11. The average molecular weight is 287 g/mol. The topological polar surface area (TPSA) is 125 Å². The number of aliphatic hydroxyl groups excluding tert-OH is 1. The van der Waals surface area contributed by atoms with Gasteiger partial charge in [0.05, 0.1) is 25.1 Å². The summed E-state index contributed by atoms with van der Waals surface area (Å²) in [4.78, 5) is 33.2. The second kappa shape index (κ2) is 7.61. The van der Waals surface area contributed by atoms with Crippen LogP contribution >= 0.6 is 0 Å². The van der Waals surface area contributed by atoms with E-state index in [2.05, 4.69) is 0 Å². The zero-order valence-corrected chi connectivity index (χ0v) is 11.1. The quantitative estimate of drug-likeness (QED) is 0.455. The van der Waals surface area contributed by atoms with Gasteiger partial charge < -0.3 is 25.1 Å². The number of ether oxygens (including phenoxy) is 3. The summed E-state index contributed by atoms with van der Waals surface area (Å²) in [6, 6.07) is 0. The number of carbonyl (C=O) groups excluding carboxylic acids is 3. The van der Waals surface area contributed by atoms with Crippen LogP contribution in [0.3, 0.4) is 0 Å². The first-order valence-corrected chi connectivity index (χ1v) is 6.05. The van der Waals surface area contributed by atoms with E-state index >= 15 is 0 Å². The van der Waals surface area contributed by atoms with Gasteiger partial charge in [0.1, 0.15) is 12.4 Å². The van der Waals surface area contributed by atoms with E-state index in [0.29, 0.717) is 0 Å². The molecule has 0 bridgehead atoms. The van der Waals surface area contributed by atoms with E-state index in [-0.39, 0.29) is 49.7 Å². The molecule has 1 aliphatic heterocycles. The third-order valence-electron chi connectivity index (χ3n) is 2.58. The van der Waals surface area contributed by atoms with Crippen molar-refractivity contribution in [2.24, 2.45) is 5.73 Å². The molecule has 8 nitrogen and oxygen atoms in total. The van der Waals surface area contributed by atoms with Gasteiger partial charge in [-0.25, -0.2) is 4.79 Å². The Hall–Kier alpha value is -1.93. The Balaban J connectivity index is 2.15. The lowest BCUT2D eigenvalue weighted by atomic mass is 10.2. The third kappa shape index (κ3) is 4.63. The molecule has 0 saturated carbocycles. The van der Waals surface area contributed by atoms with Crippen LogP contribution in [0.25, 0.3) is 0 Å². The van der Waals surface area contributed by atoms with Crippen molar-refractivity contribution >= 4 is 17.7 Å². The van der Waals surface area contributed by atoms with Crippen molar-refractivity contribution < 1.29 is 33.7 Å². The molecule has 0 fully saturated rings. The standard InChI is InChI=1S/C12H17NO7/c1-7-10(16)12(20-11(7)17)19-5-4-18-9(15)3-2-8(14)6-13/h12,16H,2-6,13H2,1H3. The first-order chi connectivity index (χ1) is 9.45. The molecular formula is C12H17NO7. The van der Waals surface area contributed by atoms with Gasteiger partial charge >= 0.3 is 11.9 Å². The van der Waals surface area contributed by atoms with Gasteiger partial charge in [0.25, 0.3) is 6.29 Å². The summed E-state index contributed by atoms with van der Waals surface area (Å²) < 4.78 is 14.5. The van der Waals surface area contributed by atoms with Gasteiger partial charge in [-0.1, -0.05) is 0 Å². The summed E-state index contributed by atoms with van der Waals surface area (Å²) in [6.45, 7) is 1.19. The van der Waals surface area contributed by atoms with Crippen molar-refractivity contribution in [2.45, 2.75) is 26.1 Å². The molecule has 1 unspecified atom stereocenters. The Morgan fingerprint density at radius 2 is 2.05 bits per heavy atom. The van der Waals surface area contributed by atoms with Crippen molar-refractivity contribution in [1.29, 1.82) is 0 Å². The monoisotopic (exact) mass is 287 g/mol. The predicted octanol–water partition coefficient (Wildman–Crippen LogP) is -0.431. The molecule has 0 amide bonds.